The lowest BCUT2D eigenvalue weighted by molar-refractivity contribution is -0.134. The number of hydrogen-bond donors (Lipinski definition) is 2. The zero-order valence-corrected chi connectivity index (χ0v) is 11.7. The smallest absolute Gasteiger partial charge is 0.239 e. The summed E-state index contributed by atoms with van der Waals surface area (Å²) >= 11 is 0. The molecule has 1 fully saturated rings. The minimum absolute atomic E-state index is 0.0255. The third-order valence-electron chi connectivity index (χ3n) is 3.72. The normalized spacial score (nSPS) is 18.0. The van der Waals surface area contributed by atoms with Crippen LogP contribution in [0.1, 0.15) is 5.56 Å². The minimum Gasteiger partial charge on any atom is -0.395 e. The number of carbonyl (C=O) groups is 1. The predicted octanol–water partition coefficient (Wildman–Crippen LogP) is -0.307. The lowest BCUT2D eigenvalue weighted by Gasteiger charge is -2.35. The third-order valence-corrected chi connectivity index (χ3v) is 3.72. The van der Waals surface area contributed by atoms with E-state index in [1.807, 2.05) is 35.2 Å². The van der Waals surface area contributed by atoms with Crippen molar-refractivity contribution in [2.45, 2.75) is 12.5 Å². The highest BCUT2D eigenvalue weighted by molar-refractivity contribution is 5.82. The summed E-state index contributed by atoms with van der Waals surface area (Å²) in [5, 5.41) is 8.90. The average Bonchev–Trinajstić information content (AvgIpc) is 2.48. The molecule has 0 spiro atoms. The van der Waals surface area contributed by atoms with Gasteiger partial charge in [-0.05, 0) is 12.0 Å². The van der Waals surface area contributed by atoms with Crippen LogP contribution < -0.4 is 5.73 Å². The van der Waals surface area contributed by atoms with Gasteiger partial charge in [0.25, 0.3) is 0 Å². The van der Waals surface area contributed by atoms with Crippen molar-refractivity contribution in [1.82, 2.24) is 9.80 Å². The van der Waals surface area contributed by atoms with Crippen molar-refractivity contribution < 1.29 is 9.90 Å². The van der Waals surface area contributed by atoms with E-state index in [1.165, 1.54) is 0 Å². The summed E-state index contributed by atoms with van der Waals surface area (Å²) in [5.41, 5.74) is 7.12. The van der Waals surface area contributed by atoms with Gasteiger partial charge in [-0.3, -0.25) is 9.69 Å². The van der Waals surface area contributed by atoms with Gasteiger partial charge in [0.15, 0.2) is 0 Å². The SMILES string of the molecule is N[C@H](Cc1ccccc1)C(=O)N1CCN(CCO)CC1. The predicted molar refractivity (Wildman–Crippen MR) is 78.2 cm³/mol. The molecule has 0 aromatic heterocycles. The van der Waals surface area contributed by atoms with E-state index in [1.54, 1.807) is 0 Å². The number of nitrogens with zero attached hydrogens (tertiary/aromatic N) is 2. The van der Waals surface area contributed by atoms with Gasteiger partial charge in [-0.25, -0.2) is 0 Å². The van der Waals surface area contributed by atoms with E-state index in [-0.39, 0.29) is 12.5 Å². The van der Waals surface area contributed by atoms with Crippen molar-refractivity contribution in [2.75, 3.05) is 39.3 Å². The van der Waals surface area contributed by atoms with Crippen LogP contribution in [0.4, 0.5) is 0 Å². The standard InChI is InChI=1S/C15H23N3O2/c16-14(12-13-4-2-1-3-5-13)15(20)18-8-6-17(7-9-18)10-11-19/h1-5,14,19H,6-12,16H2/t14-/m1/s1. The number of amides is 1. The van der Waals surface area contributed by atoms with E-state index in [0.29, 0.717) is 26.1 Å². The molecule has 1 amide bonds. The van der Waals surface area contributed by atoms with Crippen LogP contribution in [0.5, 0.6) is 0 Å². The number of rotatable bonds is 5. The molecular weight excluding hydrogens is 254 g/mol. The fourth-order valence-electron chi connectivity index (χ4n) is 2.52. The van der Waals surface area contributed by atoms with Gasteiger partial charge in [0, 0.05) is 32.7 Å². The molecule has 1 aromatic carbocycles. The molecule has 1 saturated heterocycles. The van der Waals surface area contributed by atoms with Gasteiger partial charge in [0.2, 0.25) is 5.91 Å². The summed E-state index contributed by atoms with van der Waals surface area (Å²) in [7, 11) is 0. The Morgan fingerprint density at radius 3 is 2.45 bits per heavy atom. The summed E-state index contributed by atoms with van der Waals surface area (Å²) < 4.78 is 0. The molecule has 0 saturated carbocycles. The lowest BCUT2D eigenvalue weighted by atomic mass is 10.1. The molecule has 0 aliphatic carbocycles. The van der Waals surface area contributed by atoms with Crippen molar-refractivity contribution >= 4 is 5.91 Å². The lowest BCUT2D eigenvalue weighted by Crippen LogP contribution is -2.53. The second-order valence-electron chi connectivity index (χ2n) is 5.19. The molecule has 0 radical (unpaired) electrons. The second-order valence-corrected chi connectivity index (χ2v) is 5.19. The van der Waals surface area contributed by atoms with Crippen molar-refractivity contribution in [3.63, 3.8) is 0 Å². The van der Waals surface area contributed by atoms with Crippen LogP contribution in [0.15, 0.2) is 30.3 Å². The maximum Gasteiger partial charge on any atom is 0.239 e. The molecule has 1 atom stereocenters. The molecule has 3 N–H and O–H groups in total. The van der Waals surface area contributed by atoms with E-state index in [4.69, 9.17) is 10.8 Å². The molecule has 20 heavy (non-hydrogen) atoms. The van der Waals surface area contributed by atoms with E-state index in [9.17, 15) is 4.79 Å². The van der Waals surface area contributed by atoms with Crippen LogP contribution in [0.2, 0.25) is 0 Å². The van der Waals surface area contributed by atoms with Crippen LogP contribution in [0.25, 0.3) is 0 Å². The quantitative estimate of drug-likeness (QED) is 0.775. The molecule has 1 aromatic rings. The molecule has 1 aliphatic heterocycles. The zero-order valence-electron chi connectivity index (χ0n) is 11.7. The van der Waals surface area contributed by atoms with E-state index < -0.39 is 6.04 Å². The summed E-state index contributed by atoms with van der Waals surface area (Å²) in [4.78, 5) is 16.3. The Labute approximate surface area is 120 Å². The Morgan fingerprint density at radius 2 is 1.85 bits per heavy atom. The van der Waals surface area contributed by atoms with E-state index >= 15 is 0 Å². The molecule has 1 heterocycles. The third kappa shape index (κ3) is 4.03. The highest BCUT2D eigenvalue weighted by atomic mass is 16.3. The molecule has 2 rings (SSSR count). The number of aliphatic hydroxyl groups excluding tert-OH is 1. The molecule has 5 heteroatoms. The number of carbonyl (C=O) groups excluding carboxylic acids is 1. The summed E-state index contributed by atoms with van der Waals surface area (Å²) in [6.07, 6.45) is 0.580. The van der Waals surface area contributed by atoms with Gasteiger partial charge < -0.3 is 15.7 Å². The second kappa shape index (κ2) is 7.38. The molecular formula is C15H23N3O2. The van der Waals surface area contributed by atoms with E-state index in [0.717, 1.165) is 18.7 Å². The highest BCUT2D eigenvalue weighted by Crippen LogP contribution is 2.07. The maximum atomic E-state index is 12.3. The molecule has 1 aliphatic rings. The topological polar surface area (TPSA) is 69.8 Å². The maximum absolute atomic E-state index is 12.3. The summed E-state index contributed by atoms with van der Waals surface area (Å²) in [5.74, 6) is 0.0255. The first kappa shape index (κ1) is 15.0. The monoisotopic (exact) mass is 277 g/mol. The summed E-state index contributed by atoms with van der Waals surface area (Å²) in [6, 6.07) is 9.39. The van der Waals surface area contributed by atoms with Crippen molar-refractivity contribution in [3.8, 4) is 0 Å². The van der Waals surface area contributed by atoms with E-state index in [2.05, 4.69) is 4.90 Å². The number of benzene rings is 1. The van der Waals surface area contributed by atoms with Gasteiger partial charge in [-0.15, -0.1) is 0 Å². The van der Waals surface area contributed by atoms with Crippen LogP contribution in [-0.2, 0) is 11.2 Å². The van der Waals surface area contributed by atoms with Gasteiger partial charge >= 0.3 is 0 Å². The van der Waals surface area contributed by atoms with Crippen LogP contribution in [-0.4, -0.2) is 66.2 Å². The molecule has 5 nitrogen and oxygen atoms in total. The first-order chi connectivity index (χ1) is 9.70. The fourth-order valence-corrected chi connectivity index (χ4v) is 2.52. The number of nitrogens with two attached hydrogens (primary N) is 1. The van der Waals surface area contributed by atoms with Crippen molar-refractivity contribution in [1.29, 1.82) is 0 Å². The Balaban J connectivity index is 1.82. The van der Waals surface area contributed by atoms with Gasteiger partial charge in [-0.1, -0.05) is 30.3 Å². The number of hydrogen-bond acceptors (Lipinski definition) is 4. The van der Waals surface area contributed by atoms with Crippen LogP contribution in [0, 0.1) is 0 Å². The number of piperazine rings is 1. The number of aliphatic hydroxyl groups is 1. The first-order valence-corrected chi connectivity index (χ1v) is 7.12. The Bertz CT molecular complexity index is 416. The molecule has 110 valence electrons. The van der Waals surface area contributed by atoms with Crippen molar-refractivity contribution in [3.05, 3.63) is 35.9 Å². The van der Waals surface area contributed by atoms with Gasteiger partial charge in [-0.2, -0.15) is 0 Å². The largest absolute Gasteiger partial charge is 0.395 e. The number of β-amino-alcohol motifs (C(OH)–C–C–N with tert-alkyl or cyclic N) is 1. The molecule has 0 unspecified atom stereocenters. The average molecular weight is 277 g/mol. The zero-order chi connectivity index (χ0) is 14.4. The van der Waals surface area contributed by atoms with Gasteiger partial charge in [0.05, 0.1) is 12.6 Å². The van der Waals surface area contributed by atoms with Crippen LogP contribution in [0.3, 0.4) is 0 Å². The molecule has 0 bridgehead atoms. The Morgan fingerprint density at radius 1 is 1.20 bits per heavy atom. The highest BCUT2D eigenvalue weighted by Gasteiger charge is 2.24. The minimum atomic E-state index is -0.471. The summed E-state index contributed by atoms with van der Waals surface area (Å²) in [6.45, 7) is 3.86. The first-order valence-electron chi connectivity index (χ1n) is 7.12. The van der Waals surface area contributed by atoms with Crippen molar-refractivity contribution in [2.24, 2.45) is 5.73 Å². The fraction of sp³-hybridized carbons (Fsp3) is 0.533. The Hall–Kier alpha value is -1.43. The van der Waals surface area contributed by atoms with Crippen LogP contribution >= 0.6 is 0 Å². The van der Waals surface area contributed by atoms with Gasteiger partial charge in [0.1, 0.15) is 0 Å². The Kier molecular flexibility index (Phi) is 5.52.